The first-order valence-corrected chi connectivity index (χ1v) is 3.92. The van der Waals surface area contributed by atoms with Gasteiger partial charge in [0.2, 0.25) is 0 Å². The van der Waals surface area contributed by atoms with Crippen molar-refractivity contribution in [2.24, 2.45) is 5.92 Å². The summed E-state index contributed by atoms with van der Waals surface area (Å²) < 4.78 is 24.5. The highest BCUT2D eigenvalue weighted by Crippen LogP contribution is 2.27. The molecule has 0 bridgehead atoms. The molecule has 0 radical (unpaired) electrons. The molecule has 0 fully saturated rings. The Balaban J connectivity index is 2.67. The Kier molecular flexibility index (Phi) is 2.79. The van der Waals surface area contributed by atoms with Crippen LogP contribution in [0.15, 0.2) is 36.0 Å². The predicted octanol–water partition coefficient (Wildman–Crippen LogP) is 3.33. The molecule has 1 aliphatic rings. The molecule has 0 aromatic heterocycles. The highest BCUT2D eigenvalue weighted by molar-refractivity contribution is 5.26. The van der Waals surface area contributed by atoms with Gasteiger partial charge in [0.15, 0.2) is 0 Å². The molecule has 12 heavy (non-hydrogen) atoms. The van der Waals surface area contributed by atoms with E-state index >= 15 is 0 Å². The second kappa shape index (κ2) is 3.65. The first-order valence-electron chi connectivity index (χ1n) is 3.92. The Labute approximate surface area is 71.3 Å². The minimum absolute atomic E-state index is 0.0963. The standard InChI is InChI=1S/C10H12F2/c1-7(2)8-4-3-5-9(6-8)10(11)12/h3-5,8,10H,1,6H2,2H3. The highest BCUT2D eigenvalue weighted by atomic mass is 19.3. The molecule has 1 aliphatic carbocycles. The van der Waals surface area contributed by atoms with Crippen LogP contribution >= 0.6 is 0 Å². The molecular weight excluding hydrogens is 158 g/mol. The molecule has 0 nitrogen and oxygen atoms in total. The van der Waals surface area contributed by atoms with Crippen LogP contribution in [-0.2, 0) is 0 Å². The van der Waals surface area contributed by atoms with Gasteiger partial charge in [0.1, 0.15) is 0 Å². The van der Waals surface area contributed by atoms with Crippen LogP contribution in [-0.4, -0.2) is 6.43 Å². The minimum atomic E-state index is -2.32. The Morgan fingerprint density at radius 2 is 2.33 bits per heavy atom. The van der Waals surface area contributed by atoms with E-state index in [1.807, 2.05) is 13.0 Å². The SMILES string of the molecule is C=C(C)C1C=CC=C(C(F)F)C1. The van der Waals surface area contributed by atoms with Crippen LogP contribution < -0.4 is 0 Å². The molecule has 0 aromatic rings. The highest BCUT2D eigenvalue weighted by Gasteiger charge is 2.17. The lowest BCUT2D eigenvalue weighted by Crippen LogP contribution is -2.08. The van der Waals surface area contributed by atoms with Crippen molar-refractivity contribution in [2.45, 2.75) is 19.8 Å². The zero-order valence-electron chi connectivity index (χ0n) is 7.06. The fourth-order valence-electron chi connectivity index (χ4n) is 1.20. The quantitative estimate of drug-likeness (QED) is 0.557. The van der Waals surface area contributed by atoms with Gasteiger partial charge in [-0.1, -0.05) is 30.4 Å². The van der Waals surface area contributed by atoms with E-state index in [0.29, 0.717) is 6.42 Å². The van der Waals surface area contributed by atoms with Gasteiger partial charge < -0.3 is 0 Å². The van der Waals surface area contributed by atoms with Gasteiger partial charge in [-0.05, 0) is 18.9 Å². The third kappa shape index (κ3) is 2.03. The van der Waals surface area contributed by atoms with Crippen molar-refractivity contribution in [3.63, 3.8) is 0 Å². The molecule has 0 amide bonds. The first kappa shape index (κ1) is 9.17. The third-order valence-electron chi connectivity index (χ3n) is 2.02. The molecule has 2 heteroatoms. The molecule has 66 valence electrons. The maximum atomic E-state index is 12.2. The van der Waals surface area contributed by atoms with Gasteiger partial charge in [-0.2, -0.15) is 0 Å². The van der Waals surface area contributed by atoms with E-state index in [4.69, 9.17) is 0 Å². The number of alkyl halides is 2. The van der Waals surface area contributed by atoms with E-state index in [1.165, 1.54) is 6.08 Å². The van der Waals surface area contributed by atoms with Gasteiger partial charge >= 0.3 is 0 Å². The summed E-state index contributed by atoms with van der Waals surface area (Å²) in [5.74, 6) is 0.0963. The Morgan fingerprint density at radius 3 is 2.83 bits per heavy atom. The second-order valence-corrected chi connectivity index (χ2v) is 3.08. The van der Waals surface area contributed by atoms with Crippen LogP contribution in [0.5, 0.6) is 0 Å². The maximum absolute atomic E-state index is 12.2. The Hall–Kier alpha value is -0.920. The lowest BCUT2D eigenvalue weighted by Gasteiger charge is -2.17. The second-order valence-electron chi connectivity index (χ2n) is 3.08. The molecule has 1 unspecified atom stereocenters. The van der Waals surface area contributed by atoms with Gasteiger partial charge in [-0.15, -0.1) is 0 Å². The maximum Gasteiger partial charge on any atom is 0.260 e. The normalized spacial score (nSPS) is 22.7. The summed E-state index contributed by atoms with van der Waals surface area (Å²) in [4.78, 5) is 0. The van der Waals surface area contributed by atoms with E-state index in [1.54, 1.807) is 6.08 Å². The van der Waals surface area contributed by atoms with E-state index in [2.05, 4.69) is 6.58 Å². The minimum Gasteiger partial charge on any atom is -0.205 e. The summed E-state index contributed by atoms with van der Waals surface area (Å²) in [6, 6.07) is 0. The largest absolute Gasteiger partial charge is 0.260 e. The number of halogens is 2. The van der Waals surface area contributed by atoms with Gasteiger partial charge in [0.25, 0.3) is 6.43 Å². The van der Waals surface area contributed by atoms with Crippen LogP contribution in [0.4, 0.5) is 8.78 Å². The van der Waals surface area contributed by atoms with Crippen LogP contribution in [0, 0.1) is 5.92 Å². The van der Waals surface area contributed by atoms with Gasteiger partial charge in [0.05, 0.1) is 0 Å². The lowest BCUT2D eigenvalue weighted by molar-refractivity contribution is 0.183. The summed E-state index contributed by atoms with van der Waals surface area (Å²) in [7, 11) is 0. The number of hydrogen-bond donors (Lipinski definition) is 0. The van der Waals surface area contributed by atoms with Crippen LogP contribution in [0.1, 0.15) is 13.3 Å². The Bertz CT molecular complexity index is 236. The Morgan fingerprint density at radius 1 is 1.67 bits per heavy atom. The van der Waals surface area contributed by atoms with Crippen molar-refractivity contribution in [3.8, 4) is 0 Å². The zero-order chi connectivity index (χ0) is 9.14. The van der Waals surface area contributed by atoms with Crippen molar-refractivity contribution >= 4 is 0 Å². The molecular formula is C10H12F2. The average molecular weight is 170 g/mol. The number of allylic oxidation sites excluding steroid dienone is 5. The molecule has 1 atom stereocenters. The van der Waals surface area contributed by atoms with Crippen molar-refractivity contribution in [1.82, 2.24) is 0 Å². The zero-order valence-corrected chi connectivity index (χ0v) is 7.06. The summed E-state index contributed by atoms with van der Waals surface area (Å²) in [5.41, 5.74) is 1.16. The van der Waals surface area contributed by atoms with Crippen molar-refractivity contribution < 1.29 is 8.78 Å². The molecule has 0 N–H and O–H groups in total. The van der Waals surface area contributed by atoms with Crippen LogP contribution in [0.25, 0.3) is 0 Å². The molecule has 0 saturated carbocycles. The molecule has 0 aliphatic heterocycles. The van der Waals surface area contributed by atoms with E-state index in [9.17, 15) is 8.78 Å². The molecule has 0 aromatic carbocycles. The van der Waals surface area contributed by atoms with Crippen LogP contribution in [0.2, 0.25) is 0 Å². The van der Waals surface area contributed by atoms with Crippen molar-refractivity contribution in [1.29, 1.82) is 0 Å². The van der Waals surface area contributed by atoms with E-state index in [0.717, 1.165) is 5.57 Å². The summed E-state index contributed by atoms with van der Waals surface area (Å²) in [5, 5.41) is 0. The van der Waals surface area contributed by atoms with Crippen LogP contribution in [0.3, 0.4) is 0 Å². The summed E-state index contributed by atoms with van der Waals surface area (Å²) in [6.45, 7) is 5.61. The van der Waals surface area contributed by atoms with Crippen molar-refractivity contribution in [3.05, 3.63) is 36.0 Å². The number of hydrogen-bond acceptors (Lipinski definition) is 0. The summed E-state index contributed by atoms with van der Waals surface area (Å²) in [6.07, 6.45) is 3.18. The van der Waals surface area contributed by atoms with Gasteiger partial charge in [0, 0.05) is 5.92 Å². The molecule has 0 heterocycles. The molecule has 0 saturated heterocycles. The van der Waals surface area contributed by atoms with E-state index < -0.39 is 6.43 Å². The monoisotopic (exact) mass is 170 g/mol. The fourth-order valence-corrected chi connectivity index (χ4v) is 1.20. The van der Waals surface area contributed by atoms with E-state index in [-0.39, 0.29) is 11.5 Å². The summed E-state index contributed by atoms with van der Waals surface area (Å²) >= 11 is 0. The third-order valence-corrected chi connectivity index (χ3v) is 2.02. The molecule has 0 spiro atoms. The van der Waals surface area contributed by atoms with Gasteiger partial charge in [-0.3, -0.25) is 0 Å². The van der Waals surface area contributed by atoms with Crippen molar-refractivity contribution in [2.75, 3.05) is 0 Å². The topological polar surface area (TPSA) is 0 Å². The number of rotatable bonds is 2. The molecule has 1 rings (SSSR count). The predicted molar refractivity (Wildman–Crippen MR) is 46.1 cm³/mol. The fraction of sp³-hybridized carbons (Fsp3) is 0.400. The lowest BCUT2D eigenvalue weighted by atomic mass is 9.90. The average Bonchev–Trinajstić information content (AvgIpc) is 2.04. The van der Waals surface area contributed by atoms with Gasteiger partial charge in [-0.25, -0.2) is 8.78 Å². The first-order chi connectivity index (χ1) is 5.61. The smallest absolute Gasteiger partial charge is 0.205 e.